The third-order valence-electron chi connectivity index (χ3n) is 3.05. The first-order chi connectivity index (χ1) is 9.13. The molecule has 0 amide bonds. The second-order valence-corrected chi connectivity index (χ2v) is 5.13. The lowest BCUT2D eigenvalue weighted by molar-refractivity contribution is -0.683. The van der Waals surface area contributed by atoms with E-state index >= 15 is 0 Å². The summed E-state index contributed by atoms with van der Waals surface area (Å²) in [6.07, 6.45) is 2.65. The van der Waals surface area contributed by atoms with Crippen molar-refractivity contribution >= 4 is 0 Å². The third kappa shape index (κ3) is 2.87. The van der Waals surface area contributed by atoms with E-state index in [4.69, 9.17) is 0 Å². The Labute approximate surface area is 114 Å². The molecular formula is C16H20N2O. The standard InChI is InChI=1S/C16H20N2O/c1-4-10-17-15(11-13(2)3)12-16(18(17)19)14-8-6-5-7-9-14/h4-9,12-13H,1,10-11H2,2-3H3. The van der Waals surface area contributed by atoms with Gasteiger partial charge in [-0.2, -0.15) is 0 Å². The van der Waals surface area contributed by atoms with Crippen molar-refractivity contribution in [2.45, 2.75) is 26.8 Å². The van der Waals surface area contributed by atoms with Crippen molar-refractivity contribution in [1.29, 1.82) is 0 Å². The van der Waals surface area contributed by atoms with Crippen molar-refractivity contribution in [2.75, 3.05) is 0 Å². The molecule has 19 heavy (non-hydrogen) atoms. The van der Waals surface area contributed by atoms with E-state index in [9.17, 15) is 5.21 Å². The van der Waals surface area contributed by atoms with Crippen LogP contribution in [0.15, 0.2) is 49.1 Å². The molecule has 100 valence electrons. The Balaban J connectivity index is 2.48. The van der Waals surface area contributed by atoms with Crippen LogP contribution in [0.3, 0.4) is 0 Å². The molecule has 0 aliphatic rings. The first-order valence-corrected chi connectivity index (χ1v) is 6.62. The first-order valence-electron chi connectivity index (χ1n) is 6.62. The predicted molar refractivity (Wildman–Crippen MR) is 77.6 cm³/mol. The fourth-order valence-electron chi connectivity index (χ4n) is 2.23. The summed E-state index contributed by atoms with van der Waals surface area (Å²) >= 11 is 0. The van der Waals surface area contributed by atoms with E-state index in [1.54, 1.807) is 10.8 Å². The van der Waals surface area contributed by atoms with Gasteiger partial charge in [-0.3, -0.25) is 0 Å². The SMILES string of the molecule is C=CCn1c(CC(C)C)cc(-c2ccccc2)[n+]1[O-]. The fraction of sp³-hybridized carbons (Fsp3) is 0.312. The van der Waals surface area contributed by atoms with E-state index in [0.717, 1.165) is 22.5 Å². The van der Waals surface area contributed by atoms with E-state index in [1.165, 1.54) is 0 Å². The van der Waals surface area contributed by atoms with Crippen LogP contribution in [0.25, 0.3) is 11.3 Å². The molecule has 2 rings (SSSR count). The zero-order valence-electron chi connectivity index (χ0n) is 11.5. The molecule has 3 nitrogen and oxygen atoms in total. The molecule has 0 radical (unpaired) electrons. The Kier molecular flexibility index (Phi) is 4.05. The van der Waals surface area contributed by atoms with E-state index in [2.05, 4.69) is 20.4 Å². The highest BCUT2D eigenvalue weighted by atomic mass is 16.5. The normalized spacial score (nSPS) is 10.9. The minimum atomic E-state index is 0.516. The summed E-state index contributed by atoms with van der Waals surface area (Å²) in [4.78, 5) is 0.981. The van der Waals surface area contributed by atoms with Gasteiger partial charge in [-0.25, -0.2) is 0 Å². The van der Waals surface area contributed by atoms with Crippen LogP contribution >= 0.6 is 0 Å². The van der Waals surface area contributed by atoms with Crippen LogP contribution < -0.4 is 4.85 Å². The van der Waals surface area contributed by atoms with Crippen LogP contribution in [-0.4, -0.2) is 4.68 Å². The van der Waals surface area contributed by atoms with Gasteiger partial charge in [0.05, 0.1) is 17.8 Å². The minimum Gasteiger partial charge on any atom is -0.595 e. The van der Waals surface area contributed by atoms with Gasteiger partial charge in [0.1, 0.15) is 0 Å². The monoisotopic (exact) mass is 256 g/mol. The molecule has 0 unspecified atom stereocenters. The van der Waals surface area contributed by atoms with Crippen LogP contribution in [-0.2, 0) is 13.0 Å². The smallest absolute Gasteiger partial charge is 0.251 e. The number of nitrogens with zero attached hydrogens (tertiary/aromatic N) is 2. The van der Waals surface area contributed by atoms with E-state index in [1.807, 2.05) is 36.4 Å². The van der Waals surface area contributed by atoms with Crippen molar-refractivity contribution in [3.05, 3.63) is 60.0 Å². The van der Waals surface area contributed by atoms with Crippen LogP contribution in [0.1, 0.15) is 19.5 Å². The molecule has 1 aromatic heterocycles. The number of aromatic nitrogens is 2. The van der Waals surface area contributed by atoms with E-state index in [-0.39, 0.29) is 0 Å². The first kappa shape index (κ1) is 13.4. The molecule has 1 heterocycles. The summed E-state index contributed by atoms with van der Waals surface area (Å²) in [5, 5.41) is 12.4. The molecule has 0 aliphatic heterocycles. The van der Waals surface area contributed by atoms with Crippen molar-refractivity contribution in [3.8, 4) is 11.3 Å². The fourth-order valence-corrected chi connectivity index (χ4v) is 2.23. The lowest BCUT2D eigenvalue weighted by Crippen LogP contribution is -2.39. The zero-order chi connectivity index (χ0) is 13.8. The quantitative estimate of drug-likeness (QED) is 0.459. The average Bonchev–Trinajstić information content (AvgIpc) is 2.68. The van der Waals surface area contributed by atoms with Crippen molar-refractivity contribution in [3.63, 3.8) is 0 Å². The lowest BCUT2D eigenvalue weighted by Gasteiger charge is -2.07. The molecule has 2 aromatic rings. The number of hydrogen-bond donors (Lipinski definition) is 0. The van der Waals surface area contributed by atoms with Crippen molar-refractivity contribution in [2.24, 2.45) is 5.92 Å². The topological polar surface area (TPSA) is 31.9 Å². The number of benzene rings is 1. The van der Waals surface area contributed by atoms with Gasteiger partial charge in [0.15, 0.2) is 0 Å². The van der Waals surface area contributed by atoms with Gasteiger partial charge < -0.3 is 5.21 Å². The molecule has 0 aliphatic carbocycles. The Bertz CT molecular complexity index is 556. The largest absolute Gasteiger partial charge is 0.595 e. The maximum Gasteiger partial charge on any atom is 0.251 e. The highest BCUT2D eigenvalue weighted by Gasteiger charge is 2.19. The Morgan fingerprint density at radius 2 is 2.00 bits per heavy atom. The summed E-state index contributed by atoms with van der Waals surface area (Å²) in [5.41, 5.74) is 2.71. The highest BCUT2D eigenvalue weighted by molar-refractivity contribution is 5.56. The Morgan fingerprint density at radius 3 is 2.58 bits per heavy atom. The molecule has 0 fully saturated rings. The summed E-state index contributed by atoms with van der Waals surface area (Å²) in [5.74, 6) is 0.516. The third-order valence-corrected chi connectivity index (χ3v) is 3.05. The average molecular weight is 256 g/mol. The molecule has 0 bridgehead atoms. The van der Waals surface area contributed by atoms with Gasteiger partial charge >= 0.3 is 0 Å². The Hall–Kier alpha value is -2.03. The van der Waals surface area contributed by atoms with Gasteiger partial charge in [0, 0.05) is 6.07 Å². The lowest BCUT2D eigenvalue weighted by atomic mass is 10.1. The maximum absolute atomic E-state index is 12.4. The molecule has 3 heteroatoms. The van der Waals surface area contributed by atoms with Gasteiger partial charge in [-0.05, 0) is 24.5 Å². The summed E-state index contributed by atoms with van der Waals surface area (Å²) in [6.45, 7) is 8.58. The number of rotatable bonds is 5. The molecular weight excluding hydrogens is 236 g/mol. The molecule has 0 atom stereocenters. The Morgan fingerprint density at radius 1 is 1.32 bits per heavy atom. The summed E-state index contributed by atoms with van der Waals surface area (Å²) in [7, 11) is 0. The second-order valence-electron chi connectivity index (χ2n) is 5.13. The minimum absolute atomic E-state index is 0.516. The van der Waals surface area contributed by atoms with Crippen LogP contribution in [0.4, 0.5) is 0 Å². The van der Waals surface area contributed by atoms with Gasteiger partial charge in [-0.1, -0.05) is 43.0 Å². The van der Waals surface area contributed by atoms with Crippen LogP contribution in [0.2, 0.25) is 0 Å². The van der Waals surface area contributed by atoms with E-state index in [0.29, 0.717) is 18.2 Å². The molecule has 0 saturated carbocycles. The summed E-state index contributed by atoms with van der Waals surface area (Å²) < 4.78 is 1.75. The van der Waals surface area contributed by atoms with Gasteiger partial charge in [0.25, 0.3) is 5.69 Å². The molecule has 1 aromatic carbocycles. The van der Waals surface area contributed by atoms with Crippen LogP contribution in [0.5, 0.6) is 0 Å². The predicted octanol–water partition coefficient (Wildman–Crippen LogP) is 3.17. The second kappa shape index (κ2) is 5.74. The van der Waals surface area contributed by atoms with E-state index < -0.39 is 0 Å². The van der Waals surface area contributed by atoms with Gasteiger partial charge in [-0.15, -0.1) is 11.3 Å². The van der Waals surface area contributed by atoms with Crippen molar-refractivity contribution < 1.29 is 4.85 Å². The number of allylic oxidation sites excluding steroid dienone is 1. The highest BCUT2D eigenvalue weighted by Crippen LogP contribution is 2.19. The van der Waals surface area contributed by atoms with Crippen molar-refractivity contribution in [1.82, 2.24) is 4.68 Å². The maximum atomic E-state index is 12.4. The zero-order valence-corrected chi connectivity index (χ0v) is 11.5. The van der Waals surface area contributed by atoms with Gasteiger partial charge in [0.2, 0.25) is 0 Å². The van der Waals surface area contributed by atoms with Crippen LogP contribution in [0, 0.1) is 11.1 Å². The molecule has 0 N–H and O–H groups in total. The molecule has 0 saturated heterocycles. The number of hydrogen-bond acceptors (Lipinski definition) is 1. The molecule has 0 spiro atoms. The summed E-state index contributed by atoms with van der Waals surface area (Å²) in [6, 6.07) is 11.8.